The van der Waals surface area contributed by atoms with Crippen molar-refractivity contribution < 1.29 is 9.59 Å². The Morgan fingerprint density at radius 2 is 2.23 bits per heavy atom. The second-order valence-corrected chi connectivity index (χ2v) is 2.71. The van der Waals surface area contributed by atoms with Crippen molar-refractivity contribution in [2.45, 2.75) is 0 Å². The second kappa shape index (κ2) is 2.90. The van der Waals surface area contributed by atoms with Gasteiger partial charge in [0.15, 0.2) is 5.84 Å². The molecule has 0 aromatic carbocycles. The molecule has 0 saturated carbocycles. The van der Waals surface area contributed by atoms with Gasteiger partial charge in [-0.2, -0.15) is 0 Å². The van der Waals surface area contributed by atoms with Gasteiger partial charge in [-0.15, -0.1) is 0 Å². The standard InChI is InChI=1S/C9H6N2O2/c12-4-6-3-11-9-7(1-2-10-9)8(6)5-13/h1-5,8H/t8-/m0/s1. The summed E-state index contributed by atoms with van der Waals surface area (Å²) in [5, 5.41) is 0. The van der Waals surface area contributed by atoms with E-state index in [1.165, 1.54) is 6.20 Å². The molecule has 1 atom stereocenters. The first-order valence-electron chi connectivity index (χ1n) is 3.80. The molecule has 0 unspecified atom stereocenters. The Kier molecular flexibility index (Phi) is 1.73. The third kappa shape index (κ3) is 1.07. The number of hydrogen-bond donors (Lipinski definition) is 0. The number of hydrogen-bond acceptors (Lipinski definition) is 4. The summed E-state index contributed by atoms with van der Waals surface area (Å²) in [5.41, 5.74) is 1.09. The number of aldehydes is 2. The Balaban J connectivity index is 2.47. The second-order valence-electron chi connectivity index (χ2n) is 2.71. The lowest BCUT2D eigenvalue weighted by Gasteiger charge is -2.14. The fourth-order valence-corrected chi connectivity index (χ4v) is 1.34. The highest BCUT2D eigenvalue weighted by Crippen LogP contribution is 2.25. The van der Waals surface area contributed by atoms with Crippen LogP contribution in [0.3, 0.4) is 0 Å². The van der Waals surface area contributed by atoms with Gasteiger partial charge in [-0.25, -0.2) is 9.98 Å². The molecule has 0 bridgehead atoms. The van der Waals surface area contributed by atoms with E-state index in [0.29, 0.717) is 23.3 Å². The van der Waals surface area contributed by atoms with Gasteiger partial charge >= 0.3 is 0 Å². The lowest BCUT2D eigenvalue weighted by molar-refractivity contribution is -0.111. The average Bonchev–Trinajstić information content (AvgIpc) is 2.63. The Hall–Kier alpha value is -1.84. The predicted molar refractivity (Wildman–Crippen MR) is 47.7 cm³/mol. The molecule has 0 aromatic rings. The number of fused-ring (bicyclic) bond motifs is 1. The summed E-state index contributed by atoms with van der Waals surface area (Å²) >= 11 is 0. The fourth-order valence-electron chi connectivity index (χ4n) is 1.34. The molecule has 2 rings (SSSR count). The maximum Gasteiger partial charge on any atom is 0.156 e. The van der Waals surface area contributed by atoms with E-state index in [4.69, 9.17) is 0 Å². The Morgan fingerprint density at radius 1 is 1.38 bits per heavy atom. The SMILES string of the molecule is O=CC1=CN=C2N=CC=C2[C@H]1C=O. The molecule has 2 aliphatic rings. The van der Waals surface area contributed by atoms with Crippen LogP contribution in [0, 0.1) is 5.92 Å². The third-order valence-electron chi connectivity index (χ3n) is 2.01. The van der Waals surface area contributed by atoms with E-state index >= 15 is 0 Å². The zero-order valence-electron chi connectivity index (χ0n) is 6.68. The molecule has 4 nitrogen and oxygen atoms in total. The van der Waals surface area contributed by atoms with Crippen LogP contribution in [0.5, 0.6) is 0 Å². The van der Waals surface area contributed by atoms with Gasteiger partial charge in [-0.3, -0.25) is 4.79 Å². The van der Waals surface area contributed by atoms with E-state index in [1.54, 1.807) is 12.3 Å². The number of rotatable bonds is 2. The first-order chi connectivity index (χ1) is 6.36. The first kappa shape index (κ1) is 7.79. The molecular weight excluding hydrogens is 168 g/mol. The van der Waals surface area contributed by atoms with Gasteiger partial charge in [0.1, 0.15) is 12.6 Å². The van der Waals surface area contributed by atoms with E-state index in [1.807, 2.05) is 0 Å². The van der Waals surface area contributed by atoms with Gasteiger partial charge in [0.05, 0.1) is 5.92 Å². The van der Waals surface area contributed by atoms with Gasteiger partial charge in [0.2, 0.25) is 0 Å². The van der Waals surface area contributed by atoms with Crippen molar-refractivity contribution in [2.24, 2.45) is 15.9 Å². The smallest absolute Gasteiger partial charge is 0.156 e. The molecule has 13 heavy (non-hydrogen) atoms. The van der Waals surface area contributed by atoms with Crippen LogP contribution in [0.25, 0.3) is 0 Å². The summed E-state index contributed by atoms with van der Waals surface area (Å²) in [6.07, 6.45) is 6.05. The van der Waals surface area contributed by atoms with Crippen molar-refractivity contribution in [3.05, 3.63) is 23.4 Å². The predicted octanol–water partition coefficient (Wildman–Crippen LogP) is 0.307. The summed E-state index contributed by atoms with van der Waals surface area (Å²) in [6, 6.07) is 0. The molecule has 0 saturated heterocycles. The molecular formula is C9H6N2O2. The van der Waals surface area contributed by atoms with E-state index < -0.39 is 5.92 Å². The number of nitrogens with zero attached hydrogens (tertiary/aromatic N) is 2. The van der Waals surface area contributed by atoms with Crippen LogP contribution in [0.1, 0.15) is 0 Å². The first-order valence-corrected chi connectivity index (χ1v) is 3.80. The monoisotopic (exact) mass is 174 g/mol. The summed E-state index contributed by atoms with van der Waals surface area (Å²) in [5.74, 6) is 0.0372. The van der Waals surface area contributed by atoms with Crippen molar-refractivity contribution in [3.8, 4) is 0 Å². The quantitative estimate of drug-likeness (QED) is 0.565. The molecule has 0 fully saturated rings. The molecule has 4 heteroatoms. The maximum atomic E-state index is 10.7. The minimum Gasteiger partial charge on any atom is -0.302 e. The van der Waals surface area contributed by atoms with Crippen LogP contribution in [-0.2, 0) is 9.59 Å². The minimum atomic E-state index is -0.493. The zero-order chi connectivity index (χ0) is 9.26. The van der Waals surface area contributed by atoms with Gasteiger partial charge in [-0.05, 0) is 6.08 Å². The Labute approximate surface area is 74.4 Å². The molecule has 0 radical (unpaired) electrons. The average molecular weight is 174 g/mol. The molecule has 0 amide bonds. The molecule has 0 N–H and O–H groups in total. The van der Waals surface area contributed by atoms with Gasteiger partial charge in [0, 0.05) is 23.6 Å². The van der Waals surface area contributed by atoms with E-state index in [2.05, 4.69) is 9.98 Å². The lowest BCUT2D eigenvalue weighted by atomic mass is 9.91. The number of carbonyl (C=O) groups is 2. The highest BCUT2D eigenvalue weighted by Gasteiger charge is 2.26. The van der Waals surface area contributed by atoms with Crippen LogP contribution in [-0.4, -0.2) is 24.6 Å². The van der Waals surface area contributed by atoms with Crippen LogP contribution in [0.15, 0.2) is 33.4 Å². The van der Waals surface area contributed by atoms with Gasteiger partial charge < -0.3 is 4.79 Å². The van der Waals surface area contributed by atoms with Crippen molar-refractivity contribution in [1.82, 2.24) is 0 Å². The zero-order valence-corrected chi connectivity index (χ0v) is 6.68. The number of carbonyl (C=O) groups excluding carboxylic acids is 2. The minimum absolute atomic E-state index is 0.385. The van der Waals surface area contributed by atoms with Gasteiger partial charge in [0.25, 0.3) is 0 Å². The molecule has 0 aromatic heterocycles. The molecule has 0 aliphatic carbocycles. The van der Waals surface area contributed by atoms with Crippen molar-refractivity contribution in [3.63, 3.8) is 0 Å². The van der Waals surface area contributed by atoms with E-state index in [0.717, 1.165) is 6.29 Å². The van der Waals surface area contributed by atoms with Crippen LogP contribution < -0.4 is 0 Å². The van der Waals surface area contributed by atoms with Crippen molar-refractivity contribution in [1.29, 1.82) is 0 Å². The van der Waals surface area contributed by atoms with Gasteiger partial charge in [-0.1, -0.05) is 0 Å². The molecule has 2 heterocycles. The molecule has 64 valence electrons. The van der Waals surface area contributed by atoms with E-state index in [-0.39, 0.29) is 0 Å². The Bertz CT molecular complexity index is 386. The third-order valence-corrected chi connectivity index (χ3v) is 2.01. The van der Waals surface area contributed by atoms with Crippen LogP contribution >= 0.6 is 0 Å². The highest BCUT2D eigenvalue weighted by atomic mass is 16.1. The number of aliphatic imine (C=N–C) groups is 2. The normalized spacial score (nSPS) is 24.3. The van der Waals surface area contributed by atoms with E-state index in [9.17, 15) is 9.59 Å². The molecule has 0 spiro atoms. The van der Waals surface area contributed by atoms with Crippen LogP contribution in [0.2, 0.25) is 0 Å². The number of amidine groups is 1. The van der Waals surface area contributed by atoms with Crippen molar-refractivity contribution >= 4 is 24.6 Å². The fraction of sp³-hybridized carbons (Fsp3) is 0.111. The topological polar surface area (TPSA) is 58.9 Å². The largest absolute Gasteiger partial charge is 0.302 e. The summed E-state index contributed by atoms with van der Waals surface area (Å²) in [6.45, 7) is 0. The lowest BCUT2D eigenvalue weighted by Crippen LogP contribution is -2.17. The Morgan fingerprint density at radius 3 is 2.92 bits per heavy atom. The van der Waals surface area contributed by atoms with Crippen molar-refractivity contribution in [2.75, 3.05) is 0 Å². The van der Waals surface area contributed by atoms with Crippen LogP contribution in [0.4, 0.5) is 0 Å². The summed E-state index contributed by atoms with van der Waals surface area (Å²) in [7, 11) is 0. The highest BCUT2D eigenvalue weighted by molar-refractivity contribution is 6.15. The summed E-state index contributed by atoms with van der Waals surface area (Å²) in [4.78, 5) is 29.2. The maximum absolute atomic E-state index is 10.7. The summed E-state index contributed by atoms with van der Waals surface area (Å²) < 4.78 is 0. The number of allylic oxidation sites excluding steroid dienone is 2. The molecule has 2 aliphatic heterocycles.